The van der Waals surface area contributed by atoms with Gasteiger partial charge in [-0.15, -0.1) is 0 Å². The molecule has 0 radical (unpaired) electrons. The number of methoxy groups -OCH3 is 1. The smallest absolute Gasteiger partial charge is 0.339 e. The van der Waals surface area contributed by atoms with E-state index < -0.39 is 21.9 Å². The molecule has 0 aliphatic carbocycles. The summed E-state index contributed by atoms with van der Waals surface area (Å²) in [5.74, 6) is -1.02. The Labute approximate surface area is 136 Å². The topological polar surface area (TPSA) is 92.8 Å². The second kappa shape index (κ2) is 8.07. The van der Waals surface area contributed by atoms with Crippen LogP contribution in [-0.4, -0.2) is 51.1 Å². The van der Waals surface area contributed by atoms with Gasteiger partial charge >= 0.3 is 5.97 Å². The first-order chi connectivity index (χ1) is 10.6. The van der Waals surface area contributed by atoms with Gasteiger partial charge in [0, 0.05) is 6.54 Å². The lowest BCUT2D eigenvalue weighted by Crippen LogP contribution is -2.39. The molecule has 0 aliphatic heterocycles. The number of anilines is 1. The number of carbonyl (C=O) groups excluding carboxylic acids is 2. The van der Waals surface area contributed by atoms with Crippen molar-refractivity contribution in [1.29, 1.82) is 0 Å². The Bertz CT molecular complexity index is 670. The molecule has 0 heterocycles. The van der Waals surface area contributed by atoms with E-state index in [0.717, 1.165) is 10.6 Å². The minimum absolute atomic E-state index is 0.0832. The highest BCUT2D eigenvalue weighted by molar-refractivity contribution is 7.88. The molecule has 7 nitrogen and oxygen atoms in total. The zero-order valence-corrected chi connectivity index (χ0v) is 14.5. The third-order valence-electron chi connectivity index (χ3n) is 2.96. The second-order valence-electron chi connectivity index (χ2n) is 5.53. The van der Waals surface area contributed by atoms with Crippen molar-refractivity contribution < 1.29 is 22.7 Å². The minimum atomic E-state index is -3.50. The number of nitrogens with one attached hydrogen (secondary N) is 1. The molecular weight excluding hydrogens is 320 g/mol. The van der Waals surface area contributed by atoms with E-state index >= 15 is 0 Å². The zero-order valence-electron chi connectivity index (χ0n) is 13.7. The van der Waals surface area contributed by atoms with Crippen LogP contribution in [-0.2, 0) is 19.6 Å². The Morgan fingerprint density at radius 2 is 1.87 bits per heavy atom. The Morgan fingerprint density at radius 1 is 1.26 bits per heavy atom. The van der Waals surface area contributed by atoms with E-state index in [1.807, 2.05) is 13.8 Å². The van der Waals surface area contributed by atoms with Crippen LogP contribution in [0.5, 0.6) is 0 Å². The van der Waals surface area contributed by atoms with E-state index in [-0.39, 0.29) is 30.3 Å². The summed E-state index contributed by atoms with van der Waals surface area (Å²) >= 11 is 0. The molecule has 0 atom stereocenters. The van der Waals surface area contributed by atoms with Crippen molar-refractivity contribution in [2.45, 2.75) is 13.8 Å². The summed E-state index contributed by atoms with van der Waals surface area (Å²) in [5, 5.41) is 2.56. The van der Waals surface area contributed by atoms with Gasteiger partial charge in [0.25, 0.3) is 0 Å². The summed E-state index contributed by atoms with van der Waals surface area (Å²) in [6.07, 6.45) is 1.06. The van der Waals surface area contributed by atoms with Crippen LogP contribution in [0.3, 0.4) is 0 Å². The summed E-state index contributed by atoms with van der Waals surface area (Å²) in [4.78, 5) is 23.8. The van der Waals surface area contributed by atoms with Gasteiger partial charge in [0.15, 0.2) is 0 Å². The summed E-state index contributed by atoms with van der Waals surface area (Å²) in [6, 6.07) is 6.37. The second-order valence-corrected chi connectivity index (χ2v) is 7.52. The Morgan fingerprint density at radius 3 is 2.39 bits per heavy atom. The van der Waals surface area contributed by atoms with E-state index in [9.17, 15) is 18.0 Å². The minimum Gasteiger partial charge on any atom is -0.465 e. The van der Waals surface area contributed by atoms with Gasteiger partial charge < -0.3 is 10.1 Å². The van der Waals surface area contributed by atoms with Gasteiger partial charge in [-0.1, -0.05) is 26.0 Å². The Hall–Kier alpha value is -1.93. The molecule has 1 aromatic rings. The lowest BCUT2D eigenvalue weighted by Gasteiger charge is -2.21. The van der Waals surface area contributed by atoms with E-state index in [1.54, 1.807) is 18.2 Å². The maximum atomic E-state index is 12.1. The van der Waals surface area contributed by atoms with Crippen molar-refractivity contribution in [3.05, 3.63) is 29.8 Å². The first-order valence-electron chi connectivity index (χ1n) is 7.07. The number of benzene rings is 1. The molecule has 8 heteroatoms. The summed E-state index contributed by atoms with van der Waals surface area (Å²) in [7, 11) is -2.25. The van der Waals surface area contributed by atoms with Crippen LogP contribution in [0.1, 0.15) is 24.2 Å². The fourth-order valence-corrected chi connectivity index (χ4v) is 2.88. The maximum Gasteiger partial charge on any atom is 0.339 e. The number of hydrogen-bond donors (Lipinski definition) is 1. The molecule has 1 rings (SSSR count). The van der Waals surface area contributed by atoms with Gasteiger partial charge in [0.05, 0.1) is 31.2 Å². The van der Waals surface area contributed by atoms with Crippen LogP contribution >= 0.6 is 0 Å². The van der Waals surface area contributed by atoms with Crippen molar-refractivity contribution in [2.24, 2.45) is 5.92 Å². The third-order valence-corrected chi connectivity index (χ3v) is 4.18. The molecule has 0 saturated heterocycles. The van der Waals surface area contributed by atoms with E-state index in [4.69, 9.17) is 0 Å². The summed E-state index contributed by atoms with van der Waals surface area (Å²) in [5.41, 5.74) is 0.487. The molecule has 0 fully saturated rings. The van der Waals surface area contributed by atoms with Crippen molar-refractivity contribution >= 4 is 27.6 Å². The Kier molecular flexibility index (Phi) is 6.71. The van der Waals surface area contributed by atoms with Gasteiger partial charge in [-0.2, -0.15) is 4.31 Å². The van der Waals surface area contributed by atoms with Gasteiger partial charge in [0.1, 0.15) is 0 Å². The third kappa shape index (κ3) is 5.99. The van der Waals surface area contributed by atoms with Gasteiger partial charge in [-0.05, 0) is 18.1 Å². The van der Waals surface area contributed by atoms with Crippen LogP contribution in [0, 0.1) is 5.92 Å². The molecular formula is C15H22N2O5S. The van der Waals surface area contributed by atoms with Crippen LogP contribution in [0.2, 0.25) is 0 Å². The normalized spacial score (nSPS) is 11.6. The highest BCUT2D eigenvalue weighted by Crippen LogP contribution is 2.16. The molecule has 0 bridgehead atoms. The average Bonchev–Trinajstić information content (AvgIpc) is 2.45. The molecule has 128 valence electrons. The van der Waals surface area contributed by atoms with Crippen molar-refractivity contribution in [1.82, 2.24) is 4.31 Å². The van der Waals surface area contributed by atoms with E-state index in [0.29, 0.717) is 0 Å². The van der Waals surface area contributed by atoms with Crippen molar-refractivity contribution in [3.8, 4) is 0 Å². The lowest BCUT2D eigenvalue weighted by molar-refractivity contribution is -0.116. The standard InChI is InChI=1S/C15H22N2O5S/c1-11(2)9-17(23(4,20)21)10-14(18)16-13-8-6-5-7-12(13)15(19)22-3/h5-8,11H,9-10H2,1-4H3,(H,16,18). The lowest BCUT2D eigenvalue weighted by atomic mass is 10.2. The van der Waals surface area contributed by atoms with Crippen molar-refractivity contribution in [2.75, 3.05) is 31.8 Å². The van der Waals surface area contributed by atoms with Crippen molar-refractivity contribution in [3.63, 3.8) is 0 Å². The van der Waals surface area contributed by atoms with E-state index in [1.165, 1.54) is 13.2 Å². The summed E-state index contributed by atoms with van der Waals surface area (Å²) < 4.78 is 29.3. The molecule has 1 N–H and O–H groups in total. The number of carbonyl (C=O) groups is 2. The van der Waals surface area contributed by atoms with Gasteiger partial charge in [-0.3, -0.25) is 4.79 Å². The highest BCUT2D eigenvalue weighted by Gasteiger charge is 2.22. The predicted molar refractivity (Wildman–Crippen MR) is 87.7 cm³/mol. The molecule has 0 aromatic heterocycles. The fourth-order valence-electron chi connectivity index (χ4n) is 1.95. The average molecular weight is 342 g/mol. The quantitative estimate of drug-likeness (QED) is 0.755. The molecule has 23 heavy (non-hydrogen) atoms. The zero-order chi connectivity index (χ0) is 17.6. The largest absolute Gasteiger partial charge is 0.465 e. The summed E-state index contributed by atoms with van der Waals surface area (Å²) in [6.45, 7) is 3.66. The molecule has 0 spiro atoms. The molecule has 1 aromatic carbocycles. The van der Waals surface area contributed by atoms with E-state index in [2.05, 4.69) is 10.1 Å². The Balaban J connectivity index is 2.89. The highest BCUT2D eigenvalue weighted by atomic mass is 32.2. The van der Waals surface area contributed by atoms with Gasteiger partial charge in [-0.25, -0.2) is 13.2 Å². The first-order valence-corrected chi connectivity index (χ1v) is 8.92. The number of hydrogen-bond acceptors (Lipinski definition) is 5. The first kappa shape index (κ1) is 19.1. The van der Waals surface area contributed by atoms with Gasteiger partial charge in [0.2, 0.25) is 15.9 Å². The molecule has 0 unspecified atom stereocenters. The van der Waals surface area contributed by atoms with Crippen LogP contribution in [0.25, 0.3) is 0 Å². The monoisotopic (exact) mass is 342 g/mol. The number of nitrogens with zero attached hydrogens (tertiary/aromatic N) is 1. The van der Waals surface area contributed by atoms with Crippen LogP contribution in [0.4, 0.5) is 5.69 Å². The molecule has 1 amide bonds. The number of ether oxygens (including phenoxy) is 1. The van der Waals surface area contributed by atoms with Crippen LogP contribution in [0.15, 0.2) is 24.3 Å². The fraction of sp³-hybridized carbons (Fsp3) is 0.467. The molecule has 0 saturated carbocycles. The SMILES string of the molecule is COC(=O)c1ccccc1NC(=O)CN(CC(C)C)S(C)(=O)=O. The predicted octanol–water partition coefficient (Wildman–Crippen LogP) is 1.33. The van der Waals surface area contributed by atoms with Crippen LogP contribution < -0.4 is 5.32 Å². The number of amides is 1. The number of para-hydroxylation sites is 1. The number of esters is 1. The number of sulfonamides is 1. The maximum absolute atomic E-state index is 12.1. The molecule has 0 aliphatic rings. The number of rotatable bonds is 7.